The summed E-state index contributed by atoms with van der Waals surface area (Å²) < 4.78 is 0. The summed E-state index contributed by atoms with van der Waals surface area (Å²) in [7, 11) is 0. The van der Waals surface area contributed by atoms with Crippen LogP contribution in [0.2, 0.25) is 5.15 Å². The van der Waals surface area contributed by atoms with Gasteiger partial charge in [-0.25, -0.2) is 15.0 Å². The van der Waals surface area contributed by atoms with E-state index in [9.17, 15) is 0 Å². The van der Waals surface area contributed by atoms with E-state index in [1.807, 2.05) is 26.2 Å². The first-order valence-electron chi connectivity index (χ1n) is 5.43. The van der Waals surface area contributed by atoms with Gasteiger partial charge in [0.1, 0.15) is 21.9 Å². The zero-order chi connectivity index (χ0) is 14.3. The van der Waals surface area contributed by atoms with E-state index in [2.05, 4.69) is 20.3 Å². The lowest BCUT2D eigenvalue weighted by Crippen LogP contribution is -1.96. The highest BCUT2D eigenvalue weighted by atomic mass is 35.5. The second kappa shape index (κ2) is 7.94. The molecule has 0 aliphatic rings. The number of nitriles is 1. The van der Waals surface area contributed by atoms with Gasteiger partial charge in [0.25, 0.3) is 0 Å². The molecule has 2 aromatic rings. The lowest BCUT2D eigenvalue weighted by Gasteiger charge is -2.03. The minimum absolute atomic E-state index is 0.365. The first-order chi connectivity index (χ1) is 9.21. The maximum atomic E-state index is 8.69. The van der Waals surface area contributed by atoms with Crippen LogP contribution in [0.5, 0.6) is 0 Å². The van der Waals surface area contributed by atoms with Crippen LogP contribution >= 0.6 is 34.7 Å². The highest BCUT2D eigenvalue weighted by Crippen LogP contribution is 2.23. The number of nitrogens with zero attached hydrogens (tertiary/aromatic N) is 4. The van der Waals surface area contributed by atoms with Crippen LogP contribution in [0.4, 0.5) is 10.9 Å². The Morgan fingerprint density at radius 3 is 2.74 bits per heavy atom. The summed E-state index contributed by atoms with van der Waals surface area (Å²) in [4.78, 5) is 12.8. The summed E-state index contributed by atoms with van der Waals surface area (Å²) in [5.74, 6) is 0.563. The maximum absolute atomic E-state index is 8.69. The van der Waals surface area contributed by atoms with Gasteiger partial charge in [0.05, 0.1) is 6.20 Å². The van der Waals surface area contributed by atoms with Crippen LogP contribution in [0, 0.1) is 11.3 Å². The SMILES string of the molecule is CC.CSc1nc(Cl)cc(Nc2ncc(C#N)s2)n1. The van der Waals surface area contributed by atoms with Crippen LogP contribution in [0.3, 0.4) is 0 Å². The molecule has 0 radical (unpaired) electrons. The molecule has 0 saturated carbocycles. The molecule has 100 valence electrons. The molecule has 0 amide bonds. The molecule has 19 heavy (non-hydrogen) atoms. The zero-order valence-electron chi connectivity index (χ0n) is 10.6. The maximum Gasteiger partial charge on any atom is 0.190 e. The molecule has 2 rings (SSSR count). The van der Waals surface area contributed by atoms with E-state index in [-0.39, 0.29) is 0 Å². The zero-order valence-corrected chi connectivity index (χ0v) is 13.0. The van der Waals surface area contributed by atoms with Gasteiger partial charge in [0, 0.05) is 6.07 Å². The van der Waals surface area contributed by atoms with Crippen molar-refractivity contribution in [3.8, 4) is 6.07 Å². The first-order valence-corrected chi connectivity index (χ1v) is 7.84. The van der Waals surface area contributed by atoms with Crippen molar-refractivity contribution in [1.82, 2.24) is 15.0 Å². The standard InChI is InChI=1S/C9H6ClN5S2.C2H6/c1-16-9-13-6(10)2-7(15-9)14-8-12-4-5(3-11)17-8;1-2/h2,4H,1H3,(H,12,13,14,15);1-2H3. The van der Waals surface area contributed by atoms with Crippen molar-refractivity contribution in [3.05, 3.63) is 22.3 Å². The third kappa shape index (κ3) is 4.67. The number of nitrogens with one attached hydrogen (secondary N) is 1. The normalized spacial score (nSPS) is 9.21. The summed E-state index contributed by atoms with van der Waals surface area (Å²) in [6.45, 7) is 4.00. The van der Waals surface area contributed by atoms with Gasteiger partial charge in [-0.1, -0.05) is 48.5 Å². The number of aromatic nitrogens is 3. The molecule has 0 aliphatic heterocycles. The highest BCUT2D eigenvalue weighted by Gasteiger charge is 2.05. The number of thioether (sulfide) groups is 1. The average Bonchev–Trinajstić information content (AvgIpc) is 2.88. The highest BCUT2D eigenvalue weighted by molar-refractivity contribution is 7.98. The molecule has 1 N–H and O–H groups in total. The van der Waals surface area contributed by atoms with Crippen molar-refractivity contribution in [3.63, 3.8) is 0 Å². The lowest BCUT2D eigenvalue weighted by atomic mass is 10.6. The molecule has 5 nitrogen and oxygen atoms in total. The Hall–Kier alpha value is -1.36. The second-order valence-electron chi connectivity index (χ2n) is 2.83. The largest absolute Gasteiger partial charge is 0.316 e. The third-order valence-corrected chi connectivity index (χ3v) is 3.27. The Morgan fingerprint density at radius 1 is 1.42 bits per heavy atom. The molecular weight excluding hydrogens is 302 g/mol. The van der Waals surface area contributed by atoms with Gasteiger partial charge in [0.15, 0.2) is 10.3 Å². The number of thiazole rings is 1. The molecule has 0 atom stereocenters. The fourth-order valence-corrected chi connectivity index (χ4v) is 2.28. The van der Waals surface area contributed by atoms with Crippen molar-refractivity contribution < 1.29 is 0 Å². The molecule has 0 bridgehead atoms. The number of hydrogen-bond donors (Lipinski definition) is 1. The Balaban J connectivity index is 0.000000861. The molecule has 2 aromatic heterocycles. The van der Waals surface area contributed by atoms with Gasteiger partial charge < -0.3 is 5.32 Å². The molecule has 0 spiro atoms. The first kappa shape index (κ1) is 15.7. The van der Waals surface area contributed by atoms with E-state index in [0.717, 1.165) is 0 Å². The number of anilines is 2. The van der Waals surface area contributed by atoms with Crippen molar-refractivity contribution >= 4 is 45.6 Å². The average molecular weight is 314 g/mol. The second-order valence-corrected chi connectivity index (χ2v) is 5.02. The molecule has 8 heteroatoms. The summed E-state index contributed by atoms with van der Waals surface area (Å²) in [6, 6.07) is 3.63. The predicted octanol–water partition coefficient (Wildman–Crippen LogP) is 3.95. The van der Waals surface area contributed by atoms with E-state index < -0.39 is 0 Å². The van der Waals surface area contributed by atoms with Gasteiger partial charge in [-0.05, 0) is 6.26 Å². The van der Waals surface area contributed by atoms with Crippen molar-refractivity contribution in [2.45, 2.75) is 19.0 Å². The van der Waals surface area contributed by atoms with E-state index in [0.29, 0.717) is 26.1 Å². The monoisotopic (exact) mass is 313 g/mol. The van der Waals surface area contributed by atoms with Gasteiger partial charge in [-0.2, -0.15) is 5.26 Å². The van der Waals surface area contributed by atoms with Gasteiger partial charge in [-0.3, -0.25) is 0 Å². The Labute approximate surface area is 125 Å². The van der Waals surface area contributed by atoms with Crippen LogP contribution in [0.15, 0.2) is 17.4 Å². The summed E-state index contributed by atoms with van der Waals surface area (Å²) in [5, 5.41) is 13.2. The van der Waals surface area contributed by atoms with Crippen molar-refractivity contribution in [2.75, 3.05) is 11.6 Å². The van der Waals surface area contributed by atoms with Gasteiger partial charge in [-0.15, -0.1) is 0 Å². The number of hydrogen-bond acceptors (Lipinski definition) is 7. The smallest absolute Gasteiger partial charge is 0.190 e. The predicted molar refractivity (Wildman–Crippen MR) is 80.3 cm³/mol. The fraction of sp³-hybridized carbons (Fsp3) is 0.273. The minimum Gasteiger partial charge on any atom is -0.316 e. The van der Waals surface area contributed by atoms with Crippen LogP contribution < -0.4 is 5.32 Å². The Morgan fingerprint density at radius 2 is 2.16 bits per heavy atom. The number of rotatable bonds is 3. The molecule has 0 aromatic carbocycles. The van der Waals surface area contributed by atoms with Crippen LogP contribution in [-0.4, -0.2) is 21.2 Å². The summed E-state index contributed by atoms with van der Waals surface area (Å²) in [6.07, 6.45) is 3.37. The molecule has 2 heterocycles. The van der Waals surface area contributed by atoms with E-state index in [1.54, 1.807) is 6.07 Å². The molecular formula is C11H12ClN5S2. The minimum atomic E-state index is 0.365. The van der Waals surface area contributed by atoms with E-state index >= 15 is 0 Å². The molecule has 0 saturated heterocycles. The van der Waals surface area contributed by atoms with E-state index in [1.165, 1.54) is 29.3 Å². The van der Waals surface area contributed by atoms with Gasteiger partial charge >= 0.3 is 0 Å². The van der Waals surface area contributed by atoms with Crippen molar-refractivity contribution in [2.24, 2.45) is 0 Å². The topological polar surface area (TPSA) is 74.5 Å². The summed E-state index contributed by atoms with van der Waals surface area (Å²) in [5.41, 5.74) is 0. The number of halogens is 1. The van der Waals surface area contributed by atoms with Crippen LogP contribution in [0.25, 0.3) is 0 Å². The Kier molecular flexibility index (Phi) is 6.56. The molecule has 0 aliphatic carbocycles. The van der Waals surface area contributed by atoms with E-state index in [4.69, 9.17) is 16.9 Å². The lowest BCUT2D eigenvalue weighted by molar-refractivity contribution is 0.975. The molecule has 0 unspecified atom stereocenters. The third-order valence-electron chi connectivity index (χ3n) is 1.71. The fourth-order valence-electron chi connectivity index (χ4n) is 1.05. The molecule has 0 fully saturated rings. The van der Waals surface area contributed by atoms with Gasteiger partial charge in [0.2, 0.25) is 0 Å². The van der Waals surface area contributed by atoms with Crippen molar-refractivity contribution in [1.29, 1.82) is 5.26 Å². The summed E-state index contributed by atoms with van der Waals surface area (Å²) >= 11 is 8.51. The van der Waals surface area contributed by atoms with Crippen LogP contribution in [-0.2, 0) is 0 Å². The Bertz CT molecular complexity index is 579. The quantitative estimate of drug-likeness (QED) is 0.525. The van der Waals surface area contributed by atoms with Crippen LogP contribution in [0.1, 0.15) is 18.7 Å².